The number of aromatic nitrogens is 1. The van der Waals surface area contributed by atoms with Crippen LogP contribution in [0.15, 0.2) is 29.8 Å². The molecule has 2 aromatic heterocycles. The van der Waals surface area contributed by atoms with Gasteiger partial charge in [-0.2, -0.15) is 0 Å². The summed E-state index contributed by atoms with van der Waals surface area (Å²) in [4.78, 5) is 5.91. The van der Waals surface area contributed by atoms with Crippen molar-refractivity contribution < 1.29 is 14.6 Å². The number of pyridine rings is 1. The Hall–Kier alpha value is -1.63. The molecule has 1 spiro atoms. The van der Waals surface area contributed by atoms with E-state index in [1.807, 2.05) is 12.1 Å². The third kappa shape index (κ3) is 4.04. The summed E-state index contributed by atoms with van der Waals surface area (Å²) in [5, 5.41) is 15.7. The van der Waals surface area contributed by atoms with E-state index in [0.717, 1.165) is 63.2 Å². The Morgan fingerprint density at radius 2 is 2.14 bits per heavy atom. The zero-order valence-electron chi connectivity index (χ0n) is 16.6. The van der Waals surface area contributed by atoms with Crippen LogP contribution in [0.4, 0.5) is 0 Å². The summed E-state index contributed by atoms with van der Waals surface area (Å²) in [6, 6.07) is 5.53. The largest absolute Gasteiger partial charge is 0.508 e. The van der Waals surface area contributed by atoms with E-state index in [1.54, 1.807) is 30.7 Å². The number of thiophene rings is 1. The monoisotopic (exact) mass is 402 g/mol. The van der Waals surface area contributed by atoms with Crippen LogP contribution >= 0.6 is 11.3 Å². The smallest absolute Gasteiger partial charge is 0.134 e. The Labute approximate surface area is 171 Å². The van der Waals surface area contributed by atoms with Crippen LogP contribution in [0.3, 0.4) is 0 Å². The van der Waals surface area contributed by atoms with E-state index in [1.165, 1.54) is 17.7 Å². The van der Waals surface area contributed by atoms with E-state index in [4.69, 9.17) is 9.47 Å². The maximum atomic E-state index is 10.1. The van der Waals surface area contributed by atoms with Gasteiger partial charge in [-0.3, -0.25) is 4.98 Å². The maximum absolute atomic E-state index is 10.1. The second-order valence-corrected chi connectivity index (χ2v) is 9.18. The van der Waals surface area contributed by atoms with E-state index in [0.29, 0.717) is 5.75 Å². The number of nitrogens with zero attached hydrogens (tertiary/aromatic N) is 1. The SMILES string of the molecule is COc1ccsc1CNCCC1(c2cc(O)ccn2)CCOC2(CCCC2)C1. The Morgan fingerprint density at radius 1 is 1.29 bits per heavy atom. The molecule has 0 radical (unpaired) electrons. The summed E-state index contributed by atoms with van der Waals surface area (Å²) in [7, 11) is 1.72. The molecular weight excluding hydrogens is 372 g/mol. The van der Waals surface area contributed by atoms with Crippen molar-refractivity contribution in [1.29, 1.82) is 0 Å². The van der Waals surface area contributed by atoms with E-state index >= 15 is 0 Å². The molecule has 4 rings (SSSR count). The van der Waals surface area contributed by atoms with E-state index in [9.17, 15) is 5.11 Å². The minimum atomic E-state index is -0.0478. The van der Waals surface area contributed by atoms with Crippen molar-refractivity contribution in [3.05, 3.63) is 40.3 Å². The molecule has 1 aliphatic heterocycles. The topological polar surface area (TPSA) is 63.6 Å². The minimum Gasteiger partial charge on any atom is -0.508 e. The van der Waals surface area contributed by atoms with Gasteiger partial charge in [0, 0.05) is 30.8 Å². The molecule has 0 amide bonds. The number of hydrogen-bond acceptors (Lipinski definition) is 6. The first kappa shape index (κ1) is 19.7. The fourth-order valence-electron chi connectivity index (χ4n) is 5.00. The quantitative estimate of drug-likeness (QED) is 0.672. The lowest BCUT2D eigenvalue weighted by Crippen LogP contribution is -2.47. The predicted octanol–water partition coefficient (Wildman–Crippen LogP) is 4.40. The van der Waals surface area contributed by atoms with Crippen LogP contribution < -0.4 is 10.1 Å². The van der Waals surface area contributed by atoms with Crippen molar-refractivity contribution >= 4 is 11.3 Å². The Kier molecular flexibility index (Phi) is 5.90. The normalized spacial score (nSPS) is 23.9. The van der Waals surface area contributed by atoms with Crippen molar-refractivity contribution in [2.45, 2.75) is 62.5 Å². The molecule has 2 N–H and O–H groups in total. The lowest BCUT2D eigenvalue weighted by molar-refractivity contribution is -0.104. The van der Waals surface area contributed by atoms with Gasteiger partial charge in [-0.25, -0.2) is 0 Å². The summed E-state index contributed by atoms with van der Waals surface area (Å²) in [6.07, 6.45) is 9.46. The molecule has 1 unspecified atom stereocenters. The Morgan fingerprint density at radius 3 is 2.93 bits per heavy atom. The predicted molar refractivity (Wildman–Crippen MR) is 111 cm³/mol. The average molecular weight is 403 g/mol. The molecule has 28 heavy (non-hydrogen) atoms. The van der Waals surface area contributed by atoms with Crippen LogP contribution in [0.25, 0.3) is 0 Å². The highest BCUT2D eigenvalue weighted by atomic mass is 32.1. The molecule has 5 nitrogen and oxygen atoms in total. The van der Waals surface area contributed by atoms with Gasteiger partial charge in [0.2, 0.25) is 0 Å². The fourth-order valence-corrected chi connectivity index (χ4v) is 5.81. The highest BCUT2D eigenvalue weighted by molar-refractivity contribution is 7.10. The standard InChI is InChI=1S/C22H30N2O3S/c1-26-18-5-13-28-19(18)15-23-11-8-21(20-14-17(25)4-10-24-20)9-12-27-22(16-21)6-2-3-7-22/h4-5,10,13-14,23H,2-3,6-9,11-12,15-16H2,1H3,(H,24,25). The molecule has 2 aliphatic rings. The van der Waals surface area contributed by atoms with Crippen LogP contribution in [0, 0.1) is 0 Å². The van der Waals surface area contributed by atoms with Crippen LogP contribution in [0.1, 0.15) is 55.5 Å². The van der Waals surface area contributed by atoms with Crippen LogP contribution in [0.2, 0.25) is 0 Å². The highest BCUT2D eigenvalue weighted by Gasteiger charge is 2.48. The summed E-state index contributed by atoms with van der Waals surface area (Å²) < 4.78 is 11.7. The molecule has 152 valence electrons. The van der Waals surface area contributed by atoms with Crippen molar-refractivity contribution in [2.24, 2.45) is 0 Å². The van der Waals surface area contributed by atoms with Crippen LogP contribution in [-0.4, -0.2) is 36.0 Å². The first-order valence-corrected chi connectivity index (χ1v) is 11.1. The van der Waals surface area contributed by atoms with Gasteiger partial charge < -0.3 is 19.9 Å². The van der Waals surface area contributed by atoms with E-state index < -0.39 is 0 Å². The number of rotatable bonds is 7. The zero-order valence-corrected chi connectivity index (χ0v) is 17.4. The van der Waals surface area contributed by atoms with Gasteiger partial charge in [0.15, 0.2) is 0 Å². The molecule has 3 heterocycles. The molecule has 1 saturated carbocycles. The van der Waals surface area contributed by atoms with Gasteiger partial charge in [0.05, 0.1) is 23.3 Å². The number of nitrogens with one attached hydrogen (secondary N) is 1. The number of aromatic hydroxyl groups is 1. The lowest BCUT2D eigenvalue weighted by Gasteiger charge is -2.46. The summed E-state index contributed by atoms with van der Waals surface area (Å²) in [5.41, 5.74) is 0.966. The molecule has 0 aromatic carbocycles. The Balaban J connectivity index is 1.49. The van der Waals surface area contributed by atoms with Crippen LogP contribution in [0.5, 0.6) is 11.5 Å². The van der Waals surface area contributed by atoms with E-state index in [-0.39, 0.29) is 11.0 Å². The van der Waals surface area contributed by atoms with Crippen molar-refractivity contribution in [3.8, 4) is 11.5 Å². The molecule has 1 atom stereocenters. The number of hydrogen-bond donors (Lipinski definition) is 2. The van der Waals surface area contributed by atoms with Crippen molar-refractivity contribution in [2.75, 3.05) is 20.3 Å². The van der Waals surface area contributed by atoms with Crippen molar-refractivity contribution in [1.82, 2.24) is 10.3 Å². The van der Waals surface area contributed by atoms with Crippen molar-refractivity contribution in [3.63, 3.8) is 0 Å². The van der Waals surface area contributed by atoms with Gasteiger partial charge in [0.1, 0.15) is 11.5 Å². The highest BCUT2D eigenvalue weighted by Crippen LogP contribution is 2.49. The summed E-state index contributed by atoms with van der Waals surface area (Å²) in [6.45, 7) is 2.48. The second-order valence-electron chi connectivity index (χ2n) is 8.18. The van der Waals surface area contributed by atoms with Gasteiger partial charge >= 0.3 is 0 Å². The molecule has 1 saturated heterocycles. The summed E-state index contributed by atoms with van der Waals surface area (Å²) >= 11 is 1.72. The first-order chi connectivity index (χ1) is 13.6. The molecule has 2 fully saturated rings. The lowest BCUT2D eigenvalue weighted by atomic mass is 9.68. The first-order valence-electron chi connectivity index (χ1n) is 10.3. The minimum absolute atomic E-state index is 0.00234. The van der Waals surface area contributed by atoms with E-state index in [2.05, 4.69) is 15.7 Å². The van der Waals surface area contributed by atoms with Crippen LogP contribution in [-0.2, 0) is 16.7 Å². The summed E-state index contributed by atoms with van der Waals surface area (Å²) in [5.74, 6) is 1.26. The maximum Gasteiger partial charge on any atom is 0.134 e. The van der Waals surface area contributed by atoms with Gasteiger partial charge in [0.25, 0.3) is 0 Å². The third-order valence-electron chi connectivity index (χ3n) is 6.44. The number of methoxy groups -OCH3 is 1. The second kappa shape index (κ2) is 8.39. The molecule has 1 aliphatic carbocycles. The Bertz CT molecular complexity index is 788. The molecule has 6 heteroatoms. The molecular formula is C22H30N2O3S. The zero-order chi connectivity index (χ0) is 19.5. The van der Waals surface area contributed by atoms with Gasteiger partial charge in [-0.15, -0.1) is 11.3 Å². The average Bonchev–Trinajstić information content (AvgIpc) is 3.35. The number of ether oxygens (including phenoxy) is 2. The molecule has 0 bridgehead atoms. The molecule has 2 aromatic rings. The van der Waals surface area contributed by atoms with Gasteiger partial charge in [-0.05, 0) is 56.2 Å². The third-order valence-corrected chi connectivity index (χ3v) is 7.34. The van der Waals surface area contributed by atoms with Gasteiger partial charge in [-0.1, -0.05) is 12.8 Å². The fraction of sp³-hybridized carbons (Fsp3) is 0.591.